The second-order valence-electron chi connectivity index (χ2n) is 16.0. The Balaban J connectivity index is 1.14. The SMILES string of the molecule is CN=C(N)Nc1cccc(CCCC[C@H]2C=CC(O)=C[C@H]2C[C@H]2CC(=O)CCc3ccc(OC)c(c3)OCc3c(CO)cc4c(c(O)cc5c4c3C=C[C@H]5C)CC#CO2)c1. The van der Waals surface area contributed by atoms with Crippen LogP contribution in [0.1, 0.15) is 90.3 Å². The van der Waals surface area contributed by atoms with Gasteiger partial charge in [-0.1, -0.05) is 55.7 Å². The Morgan fingerprint density at radius 3 is 2.72 bits per heavy atom. The van der Waals surface area contributed by atoms with E-state index in [4.69, 9.17) is 19.9 Å². The predicted molar refractivity (Wildman–Crippen MR) is 237 cm³/mol. The summed E-state index contributed by atoms with van der Waals surface area (Å²) in [7, 11) is 3.24. The molecular formula is C50H55N3O7. The van der Waals surface area contributed by atoms with E-state index < -0.39 is 6.10 Å². The molecule has 0 saturated heterocycles. The van der Waals surface area contributed by atoms with Gasteiger partial charge in [0.15, 0.2) is 17.5 Å². The standard InChI is InChI=1S/C50H55N3O7/c1-31-13-19-42-45-30-60-48-23-33(15-20-47(48)58-3)14-17-39(56)27-40(59-21-7-12-41-44(26-36(45)29-54)49(42)43(31)28-46(41)57)25-35-24-38(55)18-16-34(35)10-5-4-8-32-9-6-11-37(22-32)53-50(51)52-2/h6,9,11,13,15-16,18-20,22-24,26,28,31,34-35,40,54-55,57H,4-5,8,10,12,14,17,25,27,29-30H2,1-3H3,(H3,51,52,53)/t31-,34+,35+,40+/m1/s1. The molecule has 312 valence electrons. The first kappa shape index (κ1) is 42.0. The monoisotopic (exact) mass is 809 g/mol. The Hall–Kier alpha value is -6.18. The van der Waals surface area contributed by atoms with Gasteiger partial charge in [0.05, 0.1) is 13.7 Å². The normalized spacial score (nSPS) is 20.3. The summed E-state index contributed by atoms with van der Waals surface area (Å²) in [5, 5.41) is 37.6. The zero-order chi connectivity index (χ0) is 42.2. The Labute approximate surface area is 352 Å². The van der Waals surface area contributed by atoms with Crippen LogP contribution in [0.25, 0.3) is 16.8 Å². The lowest BCUT2D eigenvalue weighted by Crippen LogP contribution is -2.24. The molecule has 60 heavy (non-hydrogen) atoms. The Bertz CT molecular complexity index is 2420. The maximum atomic E-state index is 13.7. The van der Waals surface area contributed by atoms with Gasteiger partial charge in [-0.2, -0.15) is 0 Å². The number of nitrogens with one attached hydrogen (secondary N) is 1. The molecule has 8 rings (SSSR count). The molecule has 4 aromatic rings. The van der Waals surface area contributed by atoms with E-state index in [0.717, 1.165) is 64.4 Å². The number of fused-ring (bicyclic) bond motifs is 9. The highest BCUT2D eigenvalue weighted by Crippen LogP contribution is 2.43. The third-order valence-electron chi connectivity index (χ3n) is 12.0. The van der Waals surface area contributed by atoms with Gasteiger partial charge in [-0.05, 0) is 131 Å². The number of nitrogens with two attached hydrogens (primary N) is 1. The molecule has 4 aliphatic rings. The molecule has 4 atom stereocenters. The Morgan fingerprint density at radius 1 is 1.03 bits per heavy atom. The van der Waals surface area contributed by atoms with Crippen LogP contribution >= 0.6 is 0 Å². The number of hydrogen-bond donors (Lipinski definition) is 5. The number of nitrogens with zero attached hydrogens (tertiary/aromatic N) is 1. The summed E-state index contributed by atoms with van der Waals surface area (Å²) in [4.78, 5) is 17.7. The number of carbonyl (C=O) groups is 1. The summed E-state index contributed by atoms with van der Waals surface area (Å²) < 4.78 is 18.4. The highest BCUT2D eigenvalue weighted by molar-refractivity contribution is 6.01. The molecule has 0 radical (unpaired) electrons. The van der Waals surface area contributed by atoms with Crippen LogP contribution in [-0.4, -0.2) is 47.3 Å². The molecule has 2 heterocycles. The van der Waals surface area contributed by atoms with Gasteiger partial charge in [-0.25, -0.2) is 0 Å². The van der Waals surface area contributed by atoms with Gasteiger partial charge >= 0.3 is 0 Å². The van der Waals surface area contributed by atoms with Crippen molar-refractivity contribution in [2.45, 2.75) is 89.9 Å². The fourth-order valence-corrected chi connectivity index (χ4v) is 8.72. The number of anilines is 1. The minimum atomic E-state index is -0.529. The number of Topliss-reactive ketones (excluding diaryl/α,β-unsaturated/α-hetero) is 1. The summed E-state index contributed by atoms with van der Waals surface area (Å²) >= 11 is 0. The molecule has 0 spiro atoms. The van der Waals surface area contributed by atoms with Crippen molar-refractivity contribution >= 4 is 34.3 Å². The molecule has 10 heteroatoms. The number of phenolic OH excluding ortho intramolecular Hbond substituents is 1. The van der Waals surface area contributed by atoms with E-state index in [1.165, 1.54) is 5.56 Å². The van der Waals surface area contributed by atoms with Gasteiger partial charge in [0.25, 0.3) is 0 Å². The number of benzene rings is 4. The summed E-state index contributed by atoms with van der Waals surface area (Å²) in [6.45, 7) is 2.06. The molecule has 4 aromatic carbocycles. The third kappa shape index (κ3) is 9.81. The largest absolute Gasteiger partial charge is 0.508 e. The first-order chi connectivity index (χ1) is 29.1. The number of aliphatic imine (C=N–C) groups is 1. The fraction of sp³-hybridized carbons (Fsp3) is 0.360. The van der Waals surface area contributed by atoms with Crippen molar-refractivity contribution in [3.05, 3.63) is 124 Å². The average molecular weight is 810 g/mol. The van der Waals surface area contributed by atoms with E-state index in [-0.39, 0.29) is 61.1 Å². The Morgan fingerprint density at radius 2 is 1.90 bits per heavy atom. The van der Waals surface area contributed by atoms with Gasteiger partial charge in [-0.3, -0.25) is 9.79 Å². The number of ether oxygens (including phenoxy) is 3. The molecule has 6 N–H and O–H groups in total. The number of unbranched alkanes of at least 4 members (excludes halogenated alkanes) is 1. The first-order valence-electron chi connectivity index (χ1n) is 20.9. The number of phenols is 1. The van der Waals surface area contributed by atoms with Crippen molar-refractivity contribution in [2.24, 2.45) is 22.6 Å². The molecule has 0 aromatic heterocycles. The van der Waals surface area contributed by atoms with Crippen LogP contribution in [0.5, 0.6) is 17.2 Å². The van der Waals surface area contributed by atoms with Gasteiger partial charge in [0.2, 0.25) is 0 Å². The van der Waals surface area contributed by atoms with Crippen molar-refractivity contribution < 1.29 is 34.3 Å². The molecule has 0 saturated carbocycles. The molecule has 2 aliphatic heterocycles. The quantitative estimate of drug-likeness (QED) is 0.0457. The maximum Gasteiger partial charge on any atom is 0.192 e. The number of carbonyl (C=O) groups excluding carboxylic acids is 1. The van der Waals surface area contributed by atoms with Gasteiger partial charge in [0, 0.05) is 49.0 Å². The number of ketones is 1. The highest BCUT2D eigenvalue weighted by Gasteiger charge is 2.28. The van der Waals surface area contributed by atoms with Gasteiger partial charge in [-0.15, -0.1) is 0 Å². The zero-order valence-corrected chi connectivity index (χ0v) is 34.7. The number of allylic oxidation sites excluding steroid dienone is 4. The topological polar surface area (TPSA) is 156 Å². The molecule has 0 fully saturated rings. The second-order valence-corrected chi connectivity index (χ2v) is 16.0. The number of aliphatic hydroxyl groups excluding tert-OH is 2. The van der Waals surface area contributed by atoms with Crippen molar-refractivity contribution in [1.82, 2.24) is 0 Å². The lowest BCUT2D eigenvalue weighted by molar-refractivity contribution is -0.121. The van der Waals surface area contributed by atoms with Crippen LogP contribution in [0.4, 0.5) is 5.69 Å². The van der Waals surface area contributed by atoms with Crippen LogP contribution in [0, 0.1) is 23.9 Å². The maximum absolute atomic E-state index is 13.7. The molecule has 6 bridgehead atoms. The van der Waals surface area contributed by atoms with Crippen molar-refractivity contribution in [3.8, 4) is 29.3 Å². The number of aryl methyl sites for hydroxylation is 2. The Kier molecular flexibility index (Phi) is 13.5. The summed E-state index contributed by atoms with van der Waals surface area (Å²) in [5.74, 6) is 5.15. The number of hydrogen-bond acceptors (Lipinski definition) is 8. The number of rotatable bonds is 10. The lowest BCUT2D eigenvalue weighted by atomic mass is 9.80. The number of methoxy groups -OCH3 is 1. The van der Waals surface area contributed by atoms with Crippen LogP contribution < -0.4 is 20.5 Å². The number of aliphatic hydroxyl groups is 2. The molecular weight excluding hydrogens is 755 g/mol. The molecule has 0 unspecified atom stereocenters. The van der Waals surface area contributed by atoms with Crippen LogP contribution in [0.2, 0.25) is 0 Å². The van der Waals surface area contributed by atoms with Gasteiger partial charge < -0.3 is 40.6 Å². The van der Waals surface area contributed by atoms with Gasteiger partial charge in [0.1, 0.15) is 36.1 Å². The van der Waals surface area contributed by atoms with Crippen molar-refractivity contribution in [1.29, 1.82) is 0 Å². The number of aromatic hydroxyl groups is 1. The minimum absolute atomic E-state index is 0.0433. The number of guanidine groups is 1. The second kappa shape index (κ2) is 19.3. The lowest BCUT2D eigenvalue weighted by Gasteiger charge is -2.28. The van der Waals surface area contributed by atoms with Crippen molar-refractivity contribution in [2.75, 3.05) is 19.5 Å². The summed E-state index contributed by atoms with van der Waals surface area (Å²) in [6, 6.07) is 17.7. The van der Waals surface area contributed by atoms with E-state index >= 15 is 0 Å². The van der Waals surface area contributed by atoms with E-state index in [1.807, 2.05) is 48.5 Å². The molecule has 2 aliphatic carbocycles. The average Bonchev–Trinajstić information content (AvgIpc) is 3.24. The van der Waals surface area contributed by atoms with Crippen molar-refractivity contribution in [3.63, 3.8) is 0 Å². The molecule has 0 amide bonds. The van der Waals surface area contributed by atoms with E-state index in [2.05, 4.69) is 59.6 Å². The first-order valence-corrected chi connectivity index (χ1v) is 20.9. The predicted octanol–water partition coefficient (Wildman–Crippen LogP) is 8.95. The third-order valence-corrected chi connectivity index (χ3v) is 12.0. The highest BCUT2D eigenvalue weighted by atomic mass is 16.5. The minimum Gasteiger partial charge on any atom is -0.508 e. The van der Waals surface area contributed by atoms with Crippen LogP contribution in [0.15, 0.2) is 89.7 Å². The van der Waals surface area contributed by atoms with Crippen LogP contribution in [-0.2, 0) is 42.0 Å². The zero-order valence-electron chi connectivity index (χ0n) is 34.7. The summed E-state index contributed by atoms with van der Waals surface area (Å²) in [6.07, 6.45) is 17.7. The molecule has 10 nitrogen and oxygen atoms in total. The fourth-order valence-electron chi connectivity index (χ4n) is 8.72. The van der Waals surface area contributed by atoms with E-state index in [9.17, 15) is 20.1 Å². The summed E-state index contributed by atoms with van der Waals surface area (Å²) in [5.41, 5.74) is 13.0. The van der Waals surface area contributed by atoms with Crippen LogP contribution in [0.3, 0.4) is 0 Å². The smallest absolute Gasteiger partial charge is 0.192 e. The van der Waals surface area contributed by atoms with E-state index in [1.54, 1.807) is 20.2 Å². The van der Waals surface area contributed by atoms with E-state index in [0.29, 0.717) is 47.8 Å².